The van der Waals surface area contributed by atoms with E-state index >= 15 is 0 Å². The van der Waals surface area contributed by atoms with Crippen molar-refractivity contribution >= 4 is 23.4 Å². The number of aryl methyl sites for hydroxylation is 1. The average Bonchev–Trinajstić information content (AvgIpc) is 2.28. The van der Waals surface area contributed by atoms with Crippen molar-refractivity contribution < 1.29 is 9.53 Å². The van der Waals surface area contributed by atoms with Crippen LogP contribution in [0.1, 0.15) is 39.2 Å². The van der Waals surface area contributed by atoms with Gasteiger partial charge in [-0.15, -0.1) is 0 Å². The number of carbonyl (C=O) groups excluding carboxylic acids is 1. The van der Waals surface area contributed by atoms with E-state index in [9.17, 15) is 4.79 Å². The molecular weight excluding hydrogens is 288 g/mol. The average molecular weight is 311 g/mol. The third kappa shape index (κ3) is 4.81. The third-order valence-electron chi connectivity index (χ3n) is 3.39. The zero-order chi connectivity index (χ0) is 15.6. The van der Waals surface area contributed by atoms with Gasteiger partial charge in [0.25, 0.3) is 0 Å². The largest absolute Gasteiger partial charge is 0.444 e. The molecule has 0 radical (unpaired) electrons. The Hall–Kier alpha value is -1.42. The van der Waals surface area contributed by atoms with Crippen molar-refractivity contribution in [2.45, 2.75) is 58.2 Å². The molecule has 0 heterocycles. The summed E-state index contributed by atoms with van der Waals surface area (Å²) >= 11 is 6.01. The van der Waals surface area contributed by atoms with E-state index in [1.807, 2.05) is 45.9 Å². The summed E-state index contributed by atoms with van der Waals surface area (Å²) in [4.78, 5) is 11.6. The van der Waals surface area contributed by atoms with Gasteiger partial charge >= 0.3 is 6.09 Å². The van der Waals surface area contributed by atoms with E-state index in [1.54, 1.807) is 0 Å². The van der Waals surface area contributed by atoms with Crippen LogP contribution in [0.4, 0.5) is 10.5 Å². The predicted molar refractivity (Wildman–Crippen MR) is 86.0 cm³/mol. The van der Waals surface area contributed by atoms with E-state index < -0.39 is 5.60 Å². The summed E-state index contributed by atoms with van der Waals surface area (Å²) in [5.41, 5.74) is 1.67. The van der Waals surface area contributed by atoms with Crippen molar-refractivity contribution in [1.82, 2.24) is 5.32 Å². The number of rotatable bonds is 3. The molecule has 0 aliphatic heterocycles. The lowest BCUT2D eigenvalue weighted by Gasteiger charge is -2.37. The monoisotopic (exact) mass is 310 g/mol. The SMILES string of the molecule is Cc1cc(NC2CC(NC(=O)OC(C)(C)C)C2)ccc1Cl. The first-order valence-electron chi connectivity index (χ1n) is 7.25. The van der Waals surface area contributed by atoms with Crippen molar-refractivity contribution in [2.75, 3.05) is 5.32 Å². The summed E-state index contributed by atoms with van der Waals surface area (Å²) in [5.74, 6) is 0. The molecule has 1 fully saturated rings. The number of halogens is 1. The second kappa shape index (κ2) is 6.14. The van der Waals surface area contributed by atoms with Crippen LogP contribution in [-0.2, 0) is 4.74 Å². The van der Waals surface area contributed by atoms with Gasteiger partial charge in [-0.1, -0.05) is 11.6 Å². The van der Waals surface area contributed by atoms with Crippen LogP contribution in [0.15, 0.2) is 18.2 Å². The third-order valence-corrected chi connectivity index (χ3v) is 3.81. The highest BCUT2D eigenvalue weighted by Gasteiger charge is 2.31. The quantitative estimate of drug-likeness (QED) is 0.883. The number of ether oxygens (including phenoxy) is 1. The van der Waals surface area contributed by atoms with Crippen LogP contribution in [-0.4, -0.2) is 23.8 Å². The van der Waals surface area contributed by atoms with Crippen molar-refractivity contribution in [3.05, 3.63) is 28.8 Å². The molecule has 4 nitrogen and oxygen atoms in total. The fourth-order valence-electron chi connectivity index (χ4n) is 2.30. The van der Waals surface area contributed by atoms with Gasteiger partial charge < -0.3 is 15.4 Å². The molecule has 116 valence electrons. The van der Waals surface area contributed by atoms with Crippen LogP contribution in [0, 0.1) is 6.92 Å². The fraction of sp³-hybridized carbons (Fsp3) is 0.562. The molecule has 1 aromatic rings. The van der Waals surface area contributed by atoms with E-state index in [4.69, 9.17) is 16.3 Å². The molecule has 1 aliphatic rings. The zero-order valence-electron chi connectivity index (χ0n) is 13.0. The maximum Gasteiger partial charge on any atom is 0.407 e. The predicted octanol–water partition coefficient (Wildman–Crippen LogP) is 4.12. The highest BCUT2D eigenvalue weighted by molar-refractivity contribution is 6.31. The van der Waals surface area contributed by atoms with Gasteiger partial charge in [-0.2, -0.15) is 0 Å². The summed E-state index contributed by atoms with van der Waals surface area (Å²) in [7, 11) is 0. The normalized spacial score (nSPS) is 21.4. The standard InChI is InChI=1S/C16H23ClN2O2/c1-10-7-11(5-6-14(10)17)18-12-8-13(9-12)19-15(20)21-16(2,3)4/h5-7,12-13,18H,8-9H2,1-4H3,(H,19,20). The molecule has 0 atom stereocenters. The summed E-state index contributed by atoms with van der Waals surface area (Å²) < 4.78 is 5.24. The number of carbonyl (C=O) groups is 1. The van der Waals surface area contributed by atoms with E-state index in [1.165, 1.54) is 0 Å². The van der Waals surface area contributed by atoms with Crippen LogP contribution < -0.4 is 10.6 Å². The van der Waals surface area contributed by atoms with Crippen LogP contribution in [0.2, 0.25) is 5.02 Å². The number of hydrogen-bond acceptors (Lipinski definition) is 3. The Morgan fingerprint density at radius 1 is 1.29 bits per heavy atom. The smallest absolute Gasteiger partial charge is 0.407 e. The first-order chi connectivity index (χ1) is 9.73. The van der Waals surface area contributed by atoms with Crippen molar-refractivity contribution in [2.24, 2.45) is 0 Å². The molecule has 0 saturated heterocycles. The maximum absolute atomic E-state index is 11.6. The van der Waals surface area contributed by atoms with Crippen LogP contribution >= 0.6 is 11.6 Å². The minimum atomic E-state index is -0.452. The summed E-state index contributed by atoms with van der Waals surface area (Å²) in [6, 6.07) is 6.48. The minimum absolute atomic E-state index is 0.186. The molecule has 2 N–H and O–H groups in total. The molecule has 1 amide bonds. The number of anilines is 1. The van der Waals surface area contributed by atoms with Gasteiger partial charge in [-0.25, -0.2) is 4.79 Å². The Morgan fingerprint density at radius 3 is 2.52 bits per heavy atom. The highest BCUT2D eigenvalue weighted by Crippen LogP contribution is 2.26. The van der Waals surface area contributed by atoms with Gasteiger partial charge in [0.2, 0.25) is 0 Å². The molecule has 21 heavy (non-hydrogen) atoms. The van der Waals surface area contributed by atoms with Crippen molar-refractivity contribution in [3.8, 4) is 0 Å². The number of nitrogens with one attached hydrogen (secondary N) is 2. The maximum atomic E-state index is 11.6. The summed E-state index contributed by atoms with van der Waals surface area (Å²) in [6.45, 7) is 7.57. The topological polar surface area (TPSA) is 50.4 Å². The van der Waals surface area contributed by atoms with Gasteiger partial charge in [0.15, 0.2) is 0 Å². The fourth-order valence-corrected chi connectivity index (χ4v) is 2.42. The highest BCUT2D eigenvalue weighted by atomic mass is 35.5. The van der Waals surface area contributed by atoms with E-state index in [0.717, 1.165) is 29.1 Å². The van der Waals surface area contributed by atoms with Crippen LogP contribution in [0.25, 0.3) is 0 Å². The second-order valence-electron chi connectivity index (χ2n) is 6.62. The molecule has 1 aromatic carbocycles. The van der Waals surface area contributed by atoms with Gasteiger partial charge in [0.1, 0.15) is 5.60 Å². The molecule has 0 spiro atoms. The Morgan fingerprint density at radius 2 is 1.95 bits per heavy atom. The molecule has 0 bridgehead atoms. The molecule has 0 aromatic heterocycles. The summed E-state index contributed by atoms with van der Waals surface area (Å²) in [5, 5.41) is 7.11. The number of amides is 1. The molecule has 1 saturated carbocycles. The van der Waals surface area contributed by atoms with Crippen LogP contribution in [0.5, 0.6) is 0 Å². The molecule has 0 unspecified atom stereocenters. The lowest BCUT2D eigenvalue weighted by molar-refractivity contribution is 0.0475. The van der Waals surface area contributed by atoms with Gasteiger partial charge in [0.05, 0.1) is 0 Å². The van der Waals surface area contributed by atoms with Gasteiger partial charge in [0, 0.05) is 22.8 Å². The Balaban J connectivity index is 1.74. The van der Waals surface area contributed by atoms with Crippen molar-refractivity contribution in [1.29, 1.82) is 0 Å². The Labute approximate surface area is 131 Å². The second-order valence-corrected chi connectivity index (χ2v) is 7.03. The van der Waals surface area contributed by atoms with Crippen LogP contribution in [0.3, 0.4) is 0 Å². The zero-order valence-corrected chi connectivity index (χ0v) is 13.8. The minimum Gasteiger partial charge on any atom is -0.444 e. The molecule has 2 rings (SSSR count). The number of hydrogen-bond donors (Lipinski definition) is 2. The van der Waals surface area contributed by atoms with E-state index in [0.29, 0.717) is 6.04 Å². The van der Waals surface area contributed by atoms with Gasteiger partial charge in [-0.3, -0.25) is 0 Å². The number of alkyl carbamates (subject to hydrolysis) is 1. The van der Waals surface area contributed by atoms with E-state index in [2.05, 4.69) is 10.6 Å². The first-order valence-corrected chi connectivity index (χ1v) is 7.63. The van der Waals surface area contributed by atoms with Gasteiger partial charge in [-0.05, 0) is 64.3 Å². The molecule has 5 heteroatoms. The lowest BCUT2D eigenvalue weighted by atomic mass is 9.86. The van der Waals surface area contributed by atoms with E-state index in [-0.39, 0.29) is 12.1 Å². The number of benzene rings is 1. The summed E-state index contributed by atoms with van der Waals surface area (Å²) in [6.07, 6.45) is 1.47. The molecular formula is C16H23ClN2O2. The Bertz CT molecular complexity index is 519. The lowest BCUT2D eigenvalue weighted by Crippen LogP contribution is -2.50. The van der Waals surface area contributed by atoms with Crippen molar-refractivity contribution in [3.63, 3.8) is 0 Å². The Kier molecular flexibility index (Phi) is 4.67. The first kappa shape index (κ1) is 16.0. The molecule has 1 aliphatic carbocycles.